The van der Waals surface area contributed by atoms with Crippen LogP contribution in [0.2, 0.25) is 0 Å². The largest absolute Gasteiger partial charge is 0.465 e. The third kappa shape index (κ3) is 3.06. The lowest BCUT2D eigenvalue weighted by molar-refractivity contribution is 0.0914. The lowest BCUT2D eigenvalue weighted by Gasteiger charge is -2.12. The molecule has 0 fully saturated rings. The summed E-state index contributed by atoms with van der Waals surface area (Å²) >= 11 is 0. The molecule has 0 bridgehead atoms. The molecule has 0 amide bonds. The number of hydrogen-bond donors (Lipinski definition) is 0. The van der Waals surface area contributed by atoms with Gasteiger partial charge >= 0.3 is 0 Å². The second kappa shape index (κ2) is 5.58. The highest BCUT2D eigenvalue weighted by atomic mass is 16.3. The zero-order valence-electron chi connectivity index (χ0n) is 12.1. The van der Waals surface area contributed by atoms with Gasteiger partial charge in [-0.1, -0.05) is 18.2 Å². The number of likely N-dealkylation sites (N-methyl/N-ethyl adjacent to an activating group) is 1. The normalized spacial score (nSPS) is 11.4. The van der Waals surface area contributed by atoms with Gasteiger partial charge in [-0.3, -0.25) is 9.69 Å². The Hall–Kier alpha value is -2.33. The number of hydrogen-bond acceptors (Lipinski definition) is 4. The minimum atomic E-state index is -0.0306. The Morgan fingerprint density at radius 3 is 2.67 bits per heavy atom. The molecule has 0 unspecified atom stereocenters. The van der Waals surface area contributed by atoms with E-state index in [1.54, 1.807) is 6.07 Å². The lowest BCUT2D eigenvalue weighted by Crippen LogP contribution is -2.25. The first-order chi connectivity index (χ1) is 10.1. The Balaban J connectivity index is 1.67. The summed E-state index contributed by atoms with van der Waals surface area (Å²) in [5.74, 6) is 2.10. The van der Waals surface area contributed by atoms with Gasteiger partial charge < -0.3 is 8.83 Å². The highest BCUT2D eigenvalue weighted by Crippen LogP contribution is 2.19. The van der Waals surface area contributed by atoms with Crippen molar-refractivity contribution in [1.29, 1.82) is 0 Å². The van der Waals surface area contributed by atoms with E-state index in [1.807, 2.05) is 55.3 Å². The number of para-hydroxylation sites is 1. The van der Waals surface area contributed by atoms with Gasteiger partial charge in [-0.2, -0.15) is 0 Å². The zero-order valence-corrected chi connectivity index (χ0v) is 12.1. The van der Waals surface area contributed by atoms with Crippen LogP contribution in [0.15, 0.2) is 51.3 Å². The fourth-order valence-electron chi connectivity index (χ4n) is 2.33. The van der Waals surface area contributed by atoms with Gasteiger partial charge in [0.2, 0.25) is 5.78 Å². The van der Waals surface area contributed by atoms with Gasteiger partial charge in [0.1, 0.15) is 17.1 Å². The number of carbonyl (C=O) groups excluding carboxylic acids is 1. The molecule has 108 valence electrons. The average Bonchev–Trinajstić information content (AvgIpc) is 3.04. The van der Waals surface area contributed by atoms with Gasteiger partial charge in [0.15, 0.2) is 5.76 Å². The predicted molar refractivity (Wildman–Crippen MR) is 80.3 cm³/mol. The lowest BCUT2D eigenvalue weighted by atomic mass is 10.2. The van der Waals surface area contributed by atoms with Gasteiger partial charge in [0.05, 0.1) is 13.1 Å². The standard InChI is InChI=1S/C17H17NO3/c1-12-7-8-14(20-12)10-18(2)11-15(19)17-9-13-5-3-4-6-16(13)21-17/h3-9H,10-11H2,1-2H3. The van der Waals surface area contributed by atoms with Crippen molar-refractivity contribution in [3.8, 4) is 0 Å². The summed E-state index contributed by atoms with van der Waals surface area (Å²) in [4.78, 5) is 14.2. The number of aryl methyl sites for hydroxylation is 1. The van der Waals surface area contributed by atoms with Crippen LogP contribution < -0.4 is 0 Å². The fourth-order valence-corrected chi connectivity index (χ4v) is 2.33. The molecule has 21 heavy (non-hydrogen) atoms. The number of Topliss-reactive ketones (excluding diaryl/α,β-unsaturated/α-hetero) is 1. The maximum Gasteiger partial charge on any atom is 0.211 e. The van der Waals surface area contributed by atoms with Crippen molar-refractivity contribution in [3.63, 3.8) is 0 Å². The summed E-state index contributed by atoms with van der Waals surface area (Å²) in [6.45, 7) is 2.79. The molecule has 0 radical (unpaired) electrons. The van der Waals surface area contributed by atoms with Crippen LogP contribution in [0, 0.1) is 6.92 Å². The minimum absolute atomic E-state index is 0.0306. The van der Waals surface area contributed by atoms with E-state index in [0.717, 1.165) is 22.5 Å². The molecule has 0 spiro atoms. The summed E-state index contributed by atoms with van der Waals surface area (Å²) in [6, 6.07) is 13.3. The molecule has 0 N–H and O–H groups in total. The molecule has 0 aliphatic rings. The van der Waals surface area contributed by atoms with Crippen molar-refractivity contribution in [2.24, 2.45) is 0 Å². The first kappa shape index (κ1) is 13.6. The number of carbonyl (C=O) groups is 1. The van der Waals surface area contributed by atoms with E-state index in [4.69, 9.17) is 8.83 Å². The van der Waals surface area contributed by atoms with Crippen molar-refractivity contribution in [3.05, 3.63) is 59.7 Å². The summed E-state index contributed by atoms with van der Waals surface area (Å²) in [7, 11) is 1.89. The summed E-state index contributed by atoms with van der Waals surface area (Å²) in [5, 5.41) is 0.949. The fraction of sp³-hybridized carbons (Fsp3) is 0.235. The smallest absolute Gasteiger partial charge is 0.211 e. The van der Waals surface area contributed by atoms with Crippen LogP contribution in [0.4, 0.5) is 0 Å². The van der Waals surface area contributed by atoms with Crippen molar-refractivity contribution in [2.75, 3.05) is 13.6 Å². The Bertz CT molecular complexity index is 736. The van der Waals surface area contributed by atoms with E-state index < -0.39 is 0 Å². The molecule has 0 atom stereocenters. The molecule has 0 saturated carbocycles. The molecule has 3 aromatic rings. The number of nitrogens with zero attached hydrogens (tertiary/aromatic N) is 1. The summed E-state index contributed by atoms with van der Waals surface area (Å²) < 4.78 is 11.1. The van der Waals surface area contributed by atoms with Crippen LogP contribution in [0.3, 0.4) is 0 Å². The minimum Gasteiger partial charge on any atom is -0.465 e. The Kier molecular flexibility index (Phi) is 3.62. The van der Waals surface area contributed by atoms with E-state index in [0.29, 0.717) is 18.8 Å². The number of fused-ring (bicyclic) bond motifs is 1. The molecule has 0 aliphatic carbocycles. The summed E-state index contributed by atoms with van der Waals surface area (Å²) in [5.41, 5.74) is 0.741. The Labute approximate surface area is 123 Å². The highest BCUT2D eigenvalue weighted by Gasteiger charge is 2.15. The molecule has 2 aromatic heterocycles. The number of furan rings is 2. The molecule has 2 heterocycles. The zero-order chi connectivity index (χ0) is 14.8. The van der Waals surface area contributed by atoms with Crippen LogP contribution in [-0.4, -0.2) is 24.3 Å². The van der Waals surface area contributed by atoms with Gasteiger partial charge in [-0.15, -0.1) is 0 Å². The third-order valence-corrected chi connectivity index (χ3v) is 3.34. The van der Waals surface area contributed by atoms with E-state index in [-0.39, 0.29) is 5.78 Å². The maximum atomic E-state index is 12.3. The Morgan fingerprint density at radius 1 is 1.14 bits per heavy atom. The maximum absolute atomic E-state index is 12.3. The first-order valence-electron chi connectivity index (χ1n) is 6.87. The van der Waals surface area contributed by atoms with Crippen molar-refractivity contribution in [2.45, 2.75) is 13.5 Å². The van der Waals surface area contributed by atoms with E-state index in [2.05, 4.69) is 0 Å². The van der Waals surface area contributed by atoms with Crippen molar-refractivity contribution in [1.82, 2.24) is 4.90 Å². The monoisotopic (exact) mass is 283 g/mol. The second-order valence-electron chi connectivity index (χ2n) is 5.26. The molecular formula is C17H17NO3. The SMILES string of the molecule is Cc1ccc(CN(C)CC(=O)c2cc3ccccc3o2)o1. The number of rotatable bonds is 5. The molecule has 3 rings (SSSR count). The number of benzene rings is 1. The molecular weight excluding hydrogens is 266 g/mol. The summed E-state index contributed by atoms with van der Waals surface area (Å²) in [6.07, 6.45) is 0. The van der Waals surface area contributed by atoms with Crippen LogP contribution in [0.1, 0.15) is 22.1 Å². The predicted octanol–water partition coefficient (Wildman–Crippen LogP) is 3.65. The quantitative estimate of drug-likeness (QED) is 0.671. The van der Waals surface area contributed by atoms with Gasteiger partial charge in [0, 0.05) is 5.39 Å². The van der Waals surface area contributed by atoms with Crippen LogP contribution >= 0.6 is 0 Å². The van der Waals surface area contributed by atoms with Crippen LogP contribution in [-0.2, 0) is 6.54 Å². The van der Waals surface area contributed by atoms with E-state index in [9.17, 15) is 4.79 Å². The number of ketones is 1. The molecule has 4 heteroatoms. The molecule has 4 nitrogen and oxygen atoms in total. The van der Waals surface area contributed by atoms with E-state index in [1.165, 1.54) is 0 Å². The second-order valence-corrected chi connectivity index (χ2v) is 5.26. The molecule has 0 aliphatic heterocycles. The average molecular weight is 283 g/mol. The molecule has 0 saturated heterocycles. The van der Waals surface area contributed by atoms with E-state index >= 15 is 0 Å². The van der Waals surface area contributed by atoms with Gasteiger partial charge in [-0.05, 0) is 38.2 Å². The first-order valence-corrected chi connectivity index (χ1v) is 6.87. The van der Waals surface area contributed by atoms with Crippen LogP contribution in [0.5, 0.6) is 0 Å². The van der Waals surface area contributed by atoms with Gasteiger partial charge in [-0.25, -0.2) is 0 Å². The third-order valence-electron chi connectivity index (χ3n) is 3.34. The van der Waals surface area contributed by atoms with Crippen LogP contribution in [0.25, 0.3) is 11.0 Å². The van der Waals surface area contributed by atoms with Crippen molar-refractivity contribution < 1.29 is 13.6 Å². The molecule has 1 aromatic carbocycles. The topological polar surface area (TPSA) is 46.6 Å². The van der Waals surface area contributed by atoms with Crippen molar-refractivity contribution >= 4 is 16.8 Å². The highest BCUT2D eigenvalue weighted by molar-refractivity contribution is 5.98. The Morgan fingerprint density at radius 2 is 1.95 bits per heavy atom. The van der Waals surface area contributed by atoms with Gasteiger partial charge in [0.25, 0.3) is 0 Å².